The van der Waals surface area contributed by atoms with Gasteiger partial charge in [0.05, 0.1) is 24.5 Å². The number of nitrogens with zero attached hydrogens (tertiary/aromatic N) is 2. The van der Waals surface area contributed by atoms with Gasteiger partial charge in [0.1, 0.15) is 6.54 Å². The van der Waals surface area contributed by atoms with E-state index in [0.717, 1.165) is 11.4 Å². The van der Waals surface area contributed by atoms with Crippen LogP contribution in [-0.4, -0.2) is 38.7 Å². The van der Waals surface area contributed by atoms with E-state index in [-0.39, 0.29) is 12.5 Å². The summed E-state index contributed by atoms with van der Waals surface area (Å²) in [7, 11) is 1.61. The van der Waals surface area contributed by atoms with E-state index in [1.807, 2.05) is 24.3 Å². The number of rotatable bonds is 3. The predicted octanol–water partition coefficient (Wildman–Crippen LogP) is -0.0892. The van der Waals surface area contributed by atoms with E-state index in [0.29, 0.717) is 19.1 Å². The van der Waals surface area contributed by atoms with Gasteiger partial charge in [-0.15, -0.1) is 0 Å². The monoisotopic (exact) mass is 263 g/mol. The van der Waals surface area contributed by atoms with Gasteiger partial charge in [-0.2, -0.15) is 0 Å². The van der Waals surface area contributed by atoms with Gasteiger partial charge in [0.25, 0.3) is 0 Å². The van der Waals surface area contributed by atoms with Crippen LogP contribution in [0.5, 0.6) is 0 Å². The molecule has 19 heavy (non-hydrogen) atoms. The molecule has 0 spiro atoms. The van der Waals surface area contributed by atoms with Gasteiger partial charge in [0, 0.05) is 7.11 Å². The molecule has 7 nitrogen and oxygen atoms in total. The molecular weight excluding hydrogens is 246 g/mol. The molecule has 2 rings (SSSR count). The quantitative estimate of drug-likeness (QED) is 0.233. The number of ether oxygens (including phenoxy) is 1. The van der Waals surface area contributed by atoms with Crippen LogP contribution < -0.4 is 21.5 Å². The number of hydrogen-bond acceptors (Lipinski definition) is 4. The summed E-state index contributed by atoms with van der Waals surface area (Å²) >= 11 is 0. The van der Waals surface area contributed by atoms with E-state index in [2.05, 4.69) is 15.7 Å². The highest BCUT2D eigenvalue weighted by molar-refractivity contribution is 6.10. The van der Waals surface area contributed by atoms with Crippen LogP contribution in [0.15, 0.2) is 29.3 Å². The Morgan fingerprint density at radius 2 is 2.37 bits per heavy atom. The smallest absolute Gasteiger partial charge is 0.244 e. The third kappa shape index (κ3) is 3.01. The van der Waals surface area contributed by atoms with Crippen LogP contribution in [0.4, 0.5) is 11.4 Å². The summed E-state index contributed by atoms with van der Waals surface area (Å²) in [5.41, 5.74) is 4.13. The molecule has 0 atom stereocenters. The molecule has 4 N–H and O–H groups in total. The first kappa shape index (κ1) is 13.3. The number of anilines is 2. The fourth-order valence-electron chi connectivity index (χ4n) is 1.87. The number of hydrazine groups is 1. The lowest BCUT2D eigenvalue weighted by molar-refractivity contribution is -0.115. The van der Waals surface area contributed by atoms with E-state index in [1.165, 1.54) is 0 Å². The van der Waals surface area contributed by atoms with E-state index in [4.69, 9.17) is 10.6 Å². The lowest BCUT2D eigenvalue weighted by atomic mass is 10.2. The molecule has 0 bridgehead atoms. The number of carbonyl (C=O) groups is 1. The van der Waals surface area contributed by atoms with E-state index >= 15 is 0 Å². The second kappa shape index (κ2) is 6.17. The number of guanidine groups is 1. The molecule has 1 amide bonds. The fraction of sp³-hybridized carbons (Fsp3) is 0.333. The highest BCUT2D eigenvalue weighted by Crippen LogP contribution is 2.28. The minimum absolute atomic E-state index is 0.103. The van der Waals surface area contributed by atoms with Crippen LogP contribution in [0.25, 0.3) is 0 Å². The summed E-state index contributed by atoms with van der Waals surface area (Å²) in [6.07, 6.45) is 0. The first-order valence-electron chi connectivity index (χ1n) is 5.92. The molecule has 1 aliphatic heterocycles. The van der Waals surface area contributed by atoms with Crippen molar-refractivity contribution in [3.8, 4) is 0 Å². The number of amides is 1. The number of para-hydroxylation sites is 2. The van der Waals surface area contributed by atoms with E-state index < -0.39 is 0 Å². The van der Waals surface area contributed by atoms with Crippen LogP contribution >= 0.6 is 0 Å². The standard InChI is InChI=1S/C12H17N5O2/c1-19-7-6-14-12(16-13)17-8-11(18)15-9-4-2-3-5-10(9)17/h2-5H,6-8,13H2,1H3,(H,14,16)(H,15,18). The molecule has 1 aliphatic rings. The van der Waals surface area contributed by atoms with Crippen molar-refractivity contribution in [2.45, 2.75) is 0 Å². The zero-order valence-corrected chi connectivity index (χ0v) is 10.7. The van der Waals surface area contributed by atoms with Crippen molar-refractivity contribution in [1.29, 1.82) is 0 Å². The number of aliphatic imine (C=N–C) groups is 1. The maximum absolute atomic E-state index is 11.7. The number of nitrogens with one attached hydrogen (secondary N) is 2. The average Bonchev–Trinajstić information content (AvgIpc) is 2.43. The topological polar surface area (TPSA) is 92.0 Å². The molecule has 7 heteroatoms. The Balaban J connectivity index is 2.27. The number of methoxy groups -OCH3 is 1. The van der Waals surface area contributed by atoms with Crippen LogP contribution in [0, 0.1) is 0 Å². The van der Waals surface area contributed by atoms with Gasteiger partial charge in [0.2, 0.25) is 11.9 Å². The molecule has 0 unspecified atom stereocenters. The second-order valence-corrected chi connectivity index (χ2v) is 3.99. The van der Waals surface area contributed by atoms with Crippen molar-refractivity contribution in [1.82, 2.24) is 5.43 Å². The van der Waals surface area contributed by atoms with Crippen molar-refractivity contribution in [2.24, 2.45) is 10.8 Å². The zero-order chi connectivity index (χ0) is 13.7. The molecule has 1 aromatic carbocycles. The summed E-state index contributed by atoms with van der Waals surface area (Å²) in [4.78, 5) is 17.7. The number of hydrogen-bond donors (Lipinski definition) is 3. The average molecular weight is 263 g/mol. The summed E-state index contributed by atoms with van der Waals surface area (Å²) in [5.74, 6) is 5.83. The van der Waals surface area contributed by atoms with Crippen LogP contribution in [-0.2, 0) is 9.53 Å². The predicted molar refractivity (Wildman–Crippen MR) is 73.9 cm³/mol. The Labute approximate surface area is 111 Å². The van der Waals surface area contributed by atoms with Crippen molar-refractivity contribution in [2.75, 3.05) is 37.0 Å². The number of nitrogens with two attached hydrogens (primary N) is 1. The maximum Gasteiger partial charge on any atom is 0.244 e. The van der Waals surface area contributed by atoms with Gasteiger partial charge in [0.15, 0.2) is 0 Å². The van der Waals surface area contributed by atoms with Gasteiger partial charge < -0.3 is 15.0 Å². The van der Waals surface area contributed by atoms with Crippen molar-refractivity contribution in [3.05, 3.63) is 24.3 Å². The Morgan fingerprint density at radius 1 is 1.58 bits per heavy atom. The van der Waals surface area contributed by atoms with E-state index in [1.54, 1.807) is 12.0 Å². The Morgan fingerprint density at radius 3 is 3.11 bits per heavy atom. The van der Waals surface area contributed by atoms with Crippen molar-refractivity contribution in [3.63, 3.8) is 0 Å². The molecule has 0 saturated carbocycles. The molecule has 0 saturated heterocycles. The summed E-state index contributed by atoms with van der Waals surface area (Å²) in [5, 5.41) is 2.81. The van der Waals surface area contributed by atoms with Gasteiger partial charge in [-0.05, 0) is 12.1 Å². The SMILES string of the molecule is COCCN=C(NN)N1CC(=O)Nc2ccccc21. The van der Waals surface area contributed by atoms with Crippen LogP contribution in [0.1, 0.15) is 0 Å². The van der Waals surface area contributed by atoms with Gasteiger partial charge >= 0.3 is 0 Å². The molecule has 0 radical (unpaired) electrons. The molecule has 0 aliphatic carbocycles. The Hall–Kier alpha value is -2.12. The lowest BCUT2D eigenvalue weighted by Gasteiger charge is -2.31. The van der Waals surface area contributed by atoms with Crippen LogP contribution in [0.2, 0.25) is 0 Å². The molecule has 102 valence electrons. The third-order valence-corrected chi connectivity index (χ3v) is 2.71. The highest BCUT2D eigenvalue weighted by Gasteiger charge is 2.24. The van der Waals surface area contributed by atoms with E-state index in [9.17, 15) is 4.79 Å². The first-order chi connectivity index (χ1) is 9.26. The van der Waals surface area contributed by atoms with Gasteiger partial charge in [-0.1, -0.05) is 12.1 Å². The molecule has 0 aromatic heterocycles. The first-order valence-corrected chi connectivity index (χ1v) is 5.92. The minimum atomic E-state index is -0.103. The van der Waals surface area contributed by atoms with Gasteiger partial charge in [-0.3, -0.25) is 10.2 Å². The van der Waals surface area contributed by atoms with Crippen molar-refractivity contribution < 1.29 is 9.53 Å². The van der Waals surface area contributed by atoms with Crippen molar-refractivity contribution >= 4 is 23.2 Å². The largest absolute Gasteiger partial charge is 0.383 e. The lowest BCUT2D eigenvalue weighted by Crippen LogP contribution is -2.50. The molecule has 0 fully saturated rings. The fourth-order valence-corrected chi connectivity index (χ4v) is 1.87. The Kier molecular flexibility index (Phi) is 4.32. The summed E-state index contributed by atoms with van der Waals surface area (Å²) in [6, 6.07) is 7.49. The number of benzene rings is 1. The maximum atomic E-state index is 11.7. The number of carbonyl (C=O) groups excluding carboxylic acids is 1. The molecular formula is C12H17N5O2. The minimum Gasteiger partial charge on any atom is -0.383 e. The number of fused-ring (bicyclic) bond motifs is 1. The third-order valence-electron chi connectivity index (χ3n) is 2.71. The Bertz CT molecular complexity index is 489. The zero-order valence-electron chi connectivity index (χ0n) is 10.7. The molecule has 1 aromatic rings. The molecule has 1 heterocycles. The summed E-state index contributed by atoms with van der Waals surface area (Å²) < 4.78 is 4.94. The summed E-state index contributed by atoms with van der Waals surface area (Å²) in [6.45, 7) is 1.14. The van der Waals surface area contributed by atoms with Gasteiger partial charge in [-0.25, -0.2) is 10.8 Å². The normalized spacial score (nSPS) is 14.9. The second-order valence-electron chi connectivity index (χ2n) is 3.99. The highest BCUT2D eigenvalue weighted by atomic mass is 16.5. The van der Waals surface area contributed by atoms with Crippen LogP contribution in [0.3, 0.4) is 0 Å².